The van der Waals surface area contributed by atoms with E-state index in [1.54, 1.807) is 0 Å². The van der Waals surface area contributed by atoms with Crippen molar-refractivity contribution in [1.29, 1.82) is 0 Å². The molecule has 24 heavy (non-hydrogen) atoms. The molecule has 2 fully saturated rings. The molecular weight excluding hydrogens is 302 g/mol. The van der Waals surface area contributed by atoms with Crippen molar-refractivity contribution in [2.45, 2.75) is 44.9 Å². The van der Waals surface area contributed by atoms with Crippen LogP contribution in [0.3, 0.4) is 0 Å². The van der Waals surface area contributed by atoms with Crippen LogP contribution >= 0.6 is 0 Å². The molecule has 130 valence electrons. The summed E-state index contributed by atoms with van der Waals surface area (Å²) in [6.07, 6.45) is 7.02. The minimum atomic E-state index is -0.226. The number of rotatable bonds is 4. The topological polar surface area (TPSA) is 52.7 Å². The fourth-order valence-electron chi connectivity index (χ4n) is 3.51. The Morgan fingerprint density at radius 3 is 2.04 bits per heavy atom. The van der Waals surface area contributed by atoms with E-state index in [2.05, 4.69) is 10.2 Å². The van der Waals surface area contributed by atoms with E-state index in [1.807, 2.05) is 29.2 Å². The third-order valence-electron chi connectivity index (χ3n) is 4.89. The van der Waals surface area contributed by atoms with E-state index < -0.39 is 0 Å². The van der Waals surface area contributed by atoms with Crippen molar-refractivity contribution in [1.82, 2.24) is 4.90 Å². The van der Waals surface area contributed by atoms with E-state index in [4.69, 9.17) is 0 Å². The molecule has 1 N–H and O–H groups in total. The quantitative estimate of drug-likeness (QED) is 0.864. The number of carbonyl (C=O) groups excluding carboxylic acids is 2. The highest BCUT2D eigenvalue weighted by atomic mass is 16.2. The molecule has 1 aromatic carbocycles. The van der Waals surface area contributed by atoms with Crippen LogP contribution in [0.2, 0.25) is 0 Å². The highest BCUT2D eigenvalue weighted by Crippen LogP contribution is 2.22. The van der Waals surface area contributed by atoms with Crippen molar-refractivity contribution in [3.8, 4) is 0 Å². The number of nitrogens with zero attached hydrogens (tertiary/aromatic N) is 2. The van der Waals surface area contributed by atoms with Gasteiger partial charge in [-0.1, -0.05) is 0 Å². The highest BCUT2D eigenvalue weighted by Gasteiger charge is 2.19. The molecule has 5 nitrogen and oxygen atoms in total. The summed E-state index contributed by atoms with van der Waals surface area (Å²) in [5, 5.41) is 2.84. The third-order valence-corrected chi connectivity index (χ3v) is 4.89. The smallest absolute Gasteiger partial charge is 0.233 e. The lowest BCUT2D eigenvalue weighted by Crippen LogP contribution is -2.37. The van der Waals surface area contributed by atoms with Gasteiger partial charge in [-0.15, -0.1) is 0 Å². The van der Waals surface area contributed by atoms with Crippen LogP contribution in [-0.4, -0.2) is 42.9 Å². The Balaban J connectivity index is 1.49. The number of amides is 2. The Bertz CT molecular complexity index is 558. The third kappa shape index (κ3) is 4.49. The first-order chi connectivity index (χ1) is 11.7. The first-order valence-electron chi connectivity index (χ1n) is 9.15. The summed E-state index contributed by atoms with van der Waals surface area (Å²) in [7, 11) is 0. The fourth-order valence-corrected chi connectivity index (χ4v) is 3.51. The number of likely N-dealkylation sites (tertiary alicyclic amines) is 1. The average molecular weight is 329 g/mol. The second-order valence-corrected chi connectivity index (χ2v) is 6.76. The molecule has 2 saturated heterocycles. The van der Waals surface area contributed by atoms with Crippen LogP contribution in [-0.2, 0) is 9.59 Å². The summed E-state index contributed by atoms with van der Waals surface area (Å²) in [6, 6.07) is 7.95. The number of hydrogen-bond donors (Lipinski definition) is 1. The van der Waals surface area contributed by atoms with Crippen LogP contribution in [0.5, 0.6) is 0 Å². The first-order valence-corrected chi connectivity index (χ1v) is 9.15. The van der Waals surface area contributed by atoms with E-state index in [0.29, 0.717) is 0 Å². The summed E-state index contributed by atoms with van der Waals surface area (Å²) in [5.41, 5.74) is 1.96. The van der Waals surface area contributed by atoms with E-state index in [9.17, 15) is 9.59 Å². The van der Waals surface area contributed by atoms with Gasteiger partial charge in [-0.25, -0.2) is 0 Å². The zero-order valence-corrected chi connectivity index (χ0v) is 14.3. The molecule has 1 aromatic rings. The molecule has 3 rings (SSSR count). The highest BCUT2D eigenvalue weighted by molar-refractivity contribution is 6.03. The molecule has 2 heterocycles. The standard InChI is InChI=1S/C19H27N3O2/c23-18(15-19(24)22-13-5-2-6-14-22)20-16-7-9-17(10-8-16)21-11-3-1-4-12-21/h7-10H,1-6,11-15H2,(H,20,23). The Kier molecular flexibility index (Phi) is 5.72. The molecule has 2 amide bonds. The van der Waals surface area contributed by atoms with Crippen LogP contribution in [0.15, 0.2) is 24.3 Å². The van der Waals surface area contributed by atoms with Crippen molar-refractivity contribution < 1.29 is 9.59 Å². The van der Waals surface area contributed by atoms with Gasteiger partial charge in [-0.05, 0) is 62.8 Å². The van der Waals surface area contributed by atoms with Gasteiger partial charge < -0.3 is 15.1 Å². The number of anilines is 2. The van der Waals surface area contributed by atoms with Crippen molar-refractivity contribution >= 4 is 23.2 Å². The molecule has 0 aliphatic carbocycles. The summed E-state index contributed by atoms with van der Waals surface area (Å²) in [5.74, 6) is -0.284. The Hall–Kier alpha value is -2.04. The fraction of sp³-hybridized carbons (Fsp3) is 0.579. The van der Waals surface area contributed by atoms with Crippen LogP contribution < -0.4 is 10.2 Å². The zero-order valence-electron chi connectivity index (χ0n) is 14.3. The predicted octanol–water partition coefficient (Wildman–Crippen LogP) is 3.02. The van der Waals surface area contributed by atoms with Crippen molar-refractivity contribution in [2.24, 2.45) is 0 Å². The summed E-state index contributed by atoms with van der Waals surface area (Å²) < 4.78 is 0. The van der Waals surface area contributed by atoms with Gasteiger partial charge in [0.25, 0.3) is 0 Å². The molecular formula is C19H27N3O2. The molecule has 0 atom stereocenters. The molecule has 0 radical (unpaired) electrons. The molecule has 0 saturated carbocycles. The van der Waals surface area contributed by atoms with Gasteiger partial charge in [-0.3, -0.25) is 9.59 Å². The van der Waals surface area contributed by atoms with Gasteiger partial charge in [0.1, 0.15) is 6.42 Å². The molecule has 0 bridgehead atoms. The molecule has 0 aromatic heterocycles. The Labute approximate surface area is 144 Å². The van der Waals surface area contributed by atoms with Gasteiger partial charge in [0.2, 0.25) is 11.8 Å². The summed E-state index contributed by atoms with van der Waals surface area (Å²) in [6.45, 7) is 3.79. The van der Waals surface area contributed by atoms with E-state index >= 15 is 0 Å². The van der Waals surface area contributed by atoms with E-state index in [0.717, 1.165) is 44.7 Å². The largest absolute Gasteiger partial charge is 0.372 e. The van der Waals surface area contributed by atoms with Gasteiger partial charge in [-0.2, -0.15) is 0 Å². The van der Waals surface area contributed by atoms with Gasteiger partial charge in [0, 0.05) is 37.6 Å². The second-order valence-electron chi connectivity index (χ2n) is 6.76. The number of carbonyl (C=O) groups is 2. The number of nitrogens with one attached hydrogen (secondary N) is 1. The molecule has 2 aliphatic heterocycles. The lowest BCUT2D eigenvalue weighted by molar-refractivity contribution is -0.135. The van der Waals surface area contributed by atoms with Crippen LogP contribution in [0.1, 0.15) is 44.9 Å². The lowest BCUT2D eigenvalue weighted by Gasteiger charge is -2.29. The molecule has 2 aliphatic rings. The number of hydrogen-bond acceptors (Lipinski definition) is 3. The summed E-state index contributed by atoms with van der Waals surface area (Å²) in [4.78, 5) is 28.4. The zero-order chi connectivity index (χ0) is 16.8. The lowest BCUT2D eigenvalue weighted by atomic mass is 10.1. The number of benzene rings is 1. The average Bonchev–Trinajstić information content (AvgIpc) is 2.64. The Morgan fingerprint density at radius 1 is 0.833 bits per heavy atom. The summed E-state index contributed by atoms with van der Waals surface area (Å²) >= 11 is 0. The van der Waals surface area contributed by atoms with Crippen molar-refractivity contribution in [3.05, 3.63) is 24.3 Å². The van der Waals surface area contributed by atoms with Crippen LogP contribution in [0.4, 0.5) is 11.4 Å². The van der Waals surface area contributed by atoms with Crippen LogP contribution in [0, 0.1) is 0 Å². The maximum atomic E-state index is 12.1. The van der Waals surface area contributed by atoms with E-state index in [1.165, 1.54) is 31.4 Å². The number of piperidine rings is 2. The normalized spacial score (nSPS) is 18.3. The SMILES string of the molecule is O=C(CC(=O)N1CCCCC1)Nc1ccc(N2CCCCC2)cc1. The van der Waals surface area contributed by atoms with Crippen LogP contribution in [0.25, 0.3) is 0 Å². The molecule has 0 unspecified atom stereocenters. The minimum Gasteiger partial charge on any atom is -0.372 e. The van der Waals surface area contributed by atoms with Crippen molar-refractivity contribution in [3.63, 3.8) is 0 Å². The minimum absolute atomic E-state index is 0.0582. The van der Waals surface area contributed by atoms with E-state index in [-0.39, 0.29) is 18.2 Å². The first kappa shape index (κ1) is 16.8. The van der Waals surface area contributed by atoms with Crippen molar-refractivity contribution in [2.75, 3.05) is 36.4 Å². The maximum Gasteiger partial charge on any atom is 0.233 e. The van der Waals surface area contributed by atoms with Gasteiger partial charge in [0.15, 0.2) is 0 Å². The maximum absolute atomic E-state index is 12.1. The molecule has 0 spiro atoms. The van der Waals surface area contributed by atoms with Gasteiger partial charge >= 0.3 is 0 Å². The van der Waals surface area contributed by atoms with Gasteiger partial charge in [0.05, 0.1) is 0 Å². The predicted molar refractivity (Wildman–Crippen MR) is 96.2 cm³/mol. The Morgan fingerprint density at radius 2 is 1.42 bits per heavy atom. The molecule has 5 heteroatoms. The monoisotopic (exact) mass is 329 g/mol. The second kappa shape index (κ2) is 8.18.